The Morgan fingerprint density at radius 2 is 2.35 bits per heavy atom. The van der Waals surface area contributed by atoms with Gasteiger partial charge in [-0.25, -0.2) is 4.68 Å². The van der Waals surface area contributed by atoms with E-state index in [1.807, 2.05) is 26.0 Å². The third kappa shape index (κ3) is 3.50. The Morgan fingerprint density at radius 1 is 1.55 bits per heavy atom. The molecule has 2 heterocycles. The van der Waals surface area contributed by atoms with E-state index < -0.39 is 0 Å². The Balaban J connectivity index is 2.09. The zero-order chi connectivity index (χ0) is 14.5. The number of rotatable bonds is 6. The highest BCUT2D eigenvalue weighted by atomic mass is 79.9. The quantitative estimate of drug-likeness (QED) is 0.878. The van der Waals surface area contributed by atoms with Gasteiger partial charge in [0.25, 0.3) is 5.56 Å². The zero-order valence-corrected chi connectivity index (χ0v) is 13.2. The van der Waals surface area contributed by atoms with Gasteiger partial charge in [-0.1, -0.05) is 6.92 Å². The van der Waals surface area contributed by atoms with Gasteiger partial charge in [0.15, 0.2) is 0 Å². The summed E-state index contributed by atoms with van der Waals surface area (Å²) in [5, 5.41) is 7.44. The zero-order valence-electron chi connectivity index (χ0n) is 11.6. The minimum Gasteiger partial charge on any atom is -0.469 e. The lowest BCUT2D eigenvalue weighted by Crippen LogP contribution is -2.26. The van der Waals surface area contributed by atoms with Crippen molar-refractivity contribution in [2.45, 2.75) is 39.3 Å². The van der Waals surface area contributed by atoms with E-state index in [-0.39, 0.29) is 11.6 Å². The second-order valence-electron chi connectivity index (χ2n) is 4.73. The van der Waals surface area contributed by atoms with Gasteiger partial charge in [0.2, 0.25) is 0 Å². The van der Waals surface area contributed by atoms with E-state index in [1.165, 1.54) is 4.68 Å². The van der Waals surface area contributed by atoms with Crippen LogP contribution < -0.4 is 10.9 Å². The van der Waals surface area contributed by atoms with Crippen LogP contribution in [0.2, 0.25) is 0 Å². The van der Waals surface area contributed by atoms with Gasteiger partial charge in [-0.2, -0.15) is 5.10 Å². The lowest BCUT2D eigenvalue weighted by Gasteiger charge is -2.15. The maximum absolute atomic E-state index is 12.1. The molecule has 0 amide bonds. The molecule has 0 aliphatic carbocycles. The monoisotopic (exact) mass is 339 g/mol. The van der Waals surface area contributed by atoms with Crippen molar-refractivity contribution in [1.29, 1.82) is 0 Å². The van der Waals surface area contributed by atoms with Crippen LogP contribution in [0.3, 0.4) is 0 Å². The van der Waals surface area contributed by atoms with Gasteiger partial charge in [0.05, 0.1) is 18.1 Å². The van der Waals surface area contributed by atoms with Crippen LogP contribution in [0.25, 0.3) is 0 Å². The van der Waals surface area contributed by atoms with E-state index in [4.69, 9.17) is 4.42 Å². The van der Waals surface area contributed by atoms with Gasteiger partial charge in [0, 0.05) is 19.0 Å². The van der Waals surface area contributed by atoms with Crippen LogP contribution in [0.15, 0.2) is 38.3 Å². The summed E-state index contributed by atoms with van der Waals surface area (Å²) in [6.45, 7) is 4.67. The molecule has 0 aliphatic rings. The minimum atomic E-state index is -0.109. The van der Waals surface area contributed by atoms with Gasteiger partial charge in [0.1, 0.15) is 10.2 Å². The van der Waals surface area contributed by atoms with E-state index in [0.717, 1.165) is 18.6 Å². The Labute approximate surface area is 126 Å². The van der Waals surface area contributed by atoms with Crippen molar-refractivity contribution in [3.05, 3.63) is 45.2 Å². The molecule has 0 spiro atoms. The first-order chi connectivity index (χ1) is 9.61. The van der Waals surface area contributed by atoms with E-state index in [2.05, 4.69) is 26.3 Å². The number of nitrogens with one attached hydrogen (secondary N) is 1. The molecule has 1 atom stereocenters. The van der Waals surface area contributed by atoms with Gasteiger partial charge in [-0.05, 0) is 41.4 Å². The van der Waals surface area contributed by atoms with Crippen molar-refractivity contribution in [2.24, 2.45) is 0 Å². The summed E-state index contributed by atoms with van der Waals surface area (Å²) < 4.78 is 7.30. The lowest BCUT2D eigenvalue weighted by molar-refractivity contribution is 0.497. The molecule has 2 aromatic heterocycles. The number of nitrogens with zero attached hydrogens (tertiary/aromatic N) is 2. The SMILES string of the molecule is CCCn1ncc(NC(C)Cc2ccco2)c(Br)c1=O. The summed E-state index contributed by atoms with van der Waals surface area (Å²) >= 11 is 3.35. The van der Waals surface area contributed by atoms with Crippen LogP contribution in [-0.2, 0) is 13.0 Å². The molecule has 0 radical (unpaired) electrons. The molecule has 2 rings (SSSR count). The molecule has 0 aromatic carbocycles. The molecule has 6 heteroatoms. The highest BCUT2D eigenvalue weighted by Gasteiger charge is 2.12. The van der Waals surface area contributed by atoms with Crippen molar-refractivity contribution in [3.63, 3.8) is 0 Å². The fourth-order valence-corrected chi connectivity index (χ4v) is 2.41. The normalized spacial score (nSPS) is 12.3. The van der Waals surface area contributed by atoms with Crippen LogP contribution in [0.5, 0.6) is 0 Å². The number of anilines is 1. The van der Waals surface area contributed by atoms with Crippen molar-refractivity contribution in [1.82, 2.24) is 9.78 Å². The van der Waals surface area contributed by atoms with Gasteiger partial charge in [-0.15, -0.1) is 0 Å². The molecule has 0 aliphatic heterocycles. The van der Waals surface area contributed by atoms with Crippen LogP contribution >= 0.6 is 15.9 Å². The Hall–Kier alpha value is -1.56. The summed E-state index contributed by atoms with van der Waals surface area (Å²) in [5.41, 5.74) is 0.600. The Kier molecular flexibility index (Phi) is 5.00. The summed E-state index contributed by atoms with van der Waals surface area (Å²) in [5.74, 6) is 0.911. The van der Waals surface area contributed by atoms with Gasteiger partial charge < -0.3 is 9.73 Å². The third-order valence-electron chi connectivity index (χ3n) is 2.91. The van der Waals surface area contributed by atoms with Crippen molar-refractivity contribution >= 4 is 21.6 Å². The van der Waals surface area contributed by atoms with Crippen LogP contribution in [-0.4, -0.2) is 15.8 Å². The highest BCUT2D eigenvalue weighted by molar-refractivity contribution is 9.10. The smallest absolute Gasteiger partial charge is 0.283 e. The van der Waals surface area contributed by atoms with Crippen molar-refractivity contribution < 1.29 is 4.42 Å². The predicted molar refractivity (Wildman–Crippen MR) is 82.0 cm³/mol. The van der Waals surface area contributed by atoms with Crippen molar-refractivity contribution in [2.75, 3.05) is 5.32 Å². The van der Waals surface area contributed by atoms with Crippen LogP contribution in [0, 0.1) is 0 Å². The molecule has 1 N–H and O–H groups in total. The molecule has 108 valence electrons. The first-order valence-corrected chi connectivity index (χ1v) is 7.45. The Bertz CT molecular complexity index is 607. The van der Waals surface area contributed by atoms with E-state index in [0.29, 0.717) is 16.7 Å². The number of hydrogen-bond donors (Lipinski definition) is 1. The molecule has 0 saturated heterocycles. The summed E-state index contributed by atoms with van der Waals surface area (Å²) in [6.07, 6.45) is 4.96. The molecule has 0 bridgehead atoms. The second kappa shape index (κ2) is 6.74. The largest absolute Gasteiger partial charge is 0.469 e. The lowest BCUT2D eigenvalue weighted by atomic mass is 10.2. The van der Waals surface area contributed by atoms with Crippen molar-refractivity contribution in [3.8, 4) is 0 Å². The number of hydrogen-bond acceptors (Lipinski definition) is 4. The highest BCUT2D eigenvalue weighted by Crippen LogP contribution is 2.18. The summed E-state index contributed by atoms with van der Waals surface area (Å²) in [6, 6.07) is 3.94. The van der Waals surface area contributed by atoms with E-state index >= 15 is 0 Å². The topological polar surface area (TPSA) is 60.1 Å². The fourth-order valence-electron chi connectivity index (χ4n) is 1.98. The molecule has 0 saturated carbocycles. The average molecular weight is 340 g/mol. The summed E-state index contributed by atoms with van der Waals surface area (Å²) in [7, 11) is 0. The molecule has 2 aromatic rings. The third-order valence-corrected chi connectivity index (χ3v) is 3.68. The molecular formula is C14H18BrN3O2. The standard InChI is InChI=1S/C14H18BrN3O2/c1-3-6-18-14(19)13(15)12(9-16-18)17-10(2)8-11-5-4-7-20-11/h4-5,7,9-10,17H,3,6,8H2,1-2H3. The first kappa shape index (κ1) is 14.8. The molecule has 5 nitrogen and oxygen atoms in total. The number of aromatic nitrogens is 2. The molecular weight excluding hydrogens is 322 g/mol. The van der Waals surface area contributed by atoms with Gasteiger partial charge >= 0.3 is 0 Å². The summed E-state index contributed by atoms with van der Waals surface area (Å²) in [4.78, 5) is 12.1. The van der Waals surface area contributed by atoms with E-state index in [9.17, 15) is 4.79 Å². The maximum Gasteiger partial charge on any atom is 0.283 e. The first-order valence-electron chi connectivity index (χ1n) is 6.66. The maximum atomic E-state index is 12.1. The second-order valence-corrected chi connectivity index (χ2v) is 5.52. The Morgan fingerprint density at radius 3 is 3.00 bits per heavy atom. The van der Waals surface area contributed by atoms with Crippen LogP contribution in [0.4, 0.5) is 5.69 Å². The molecule has 0 fully saturated rings. The van der Waals surface area contributed by atoms with Gasteiger partial charge in [-0.3, -0.25) is 4.79 Å². The number of halogens is 1. The van der Waals surface area contributed by atoms with E-state index in [1.54, 1.807) is 12.5 Å². The van der Waals surface area contributed by atoms with Crippen LogP contribution in [0.1, 0.15) is 26.0 Å². The number of furan rings is 1. The average Bonchev–Trinajstić information content (AvgIpc) is 2.91. The minimum absolute atomic E-state index is 0.109. The predicted octanol–water partition coefficient (Wildman–Crippen LogP) is 3.05. The number of aryl methyl sites for hydroxylation is 1. The molecule has 1 unspecified atom stereocenters. The molecule has 20 heavy (non-hydrogen) atoms. The fraction of sp³-hybridized carbons (Fsp3) is 0.429.